The number of hydrogen-bond donors (Lipinski definition) is 0. The molecule has 1 aromatic heterocycles. The van der Waals surface area contributed by atoms with Gasteiger partial charge in [0.2, 0.25) is 0 Å². The second-order valence-electron chi connectivity index (χ2n) is 5.33. The van der Waals surface area contributed by atoms with Crippen LogP contribution in [0.15, 0.2) is 53.9 Å². The summed E-state index contributed by atoms with van der Waals surface area (Å²) in [6.07, 6.45) is 1.65. The molecule has 5 nitrogen and oxygen atoms in total. The van der Waals surface area contributed by atoms with Gasteiger partial charge in [0.1, 0.15) is 12.1 Å². The topological polar surface area (TPSA) is 57.0 Å². The molecule has 2 aromatic carbocycles. The quantitative estimate of drug-likeness (QED) is 0.472. The van der Waals surface area contributed by atoms with Crippen LogP contribution >= 0.6 is 23.4 Å². The first-order valence-electron chi connectivity index (χ1n) is 7.55. The van der Waals surface area contributed by atoms with E-state index in [-0.39, 0.29) is 5.78 Å². The van der Waals surface area contributed by atoms with E-state index in [0.717, 1.165) is 22.2 Å². The lowest BCUT2D eigenvalue weighted by molar-refractivity contribution is 0.101. The minimum absolute atomic E-state index is 0.0241. The largest absolute Gasteiger partial charge is 0.496 e. The Bertz CT molecular complexity index is 911. The van der Waals surface area contributed by atoms with Gasteiger partial charge in [-0.15, -0.1) is 10.2 Å². The Morgan fingerprint density at radius 2 is 2.12 bits per heavy atom. The van der Waals surface area contributed by atoms with Gasteiger partial charge < -0.3 is 4.74 Å². The molecule has 0 saturated carbocycles. The number of benzene rings is 2. The van der Waals surface area contributed by atoms with Crippen LogP contribution in [-0.2, 0) is 5.75 Å². The van der Waals surface area contributed by atoms with Crippen LogP contribution in [-0.4, -0.2) is 27.7 Å². The van der Waals surface area contributed by atoms with Gasteiger partial charge in [0.15, 0.2) is 10.9 Å². The third-order valence-corrected chi connectivity index (χ3v) is 4.87. The van der Waals surface area contributed by atoms with Crippen LogP contribution in [0.1, 0.15) is 22.8 Å². The number of methoxy groups -OCH3 is 1. The van der Waals surface area contributed by atoms with E-state index in [1.807, 2.05) is 41.0 Å². The van der Waals surface area contributed by atoms with Crippen LogP contribution in [0.2, 0.25) is 5.02 Å². The van der Waals surface area contributed by atoms with Crippen LogP contribution in [0.25, 0.3) is 5.69 Å². The molecular formula is C18H16ClN3O2S. The van der Waals surface area contributed by atoms with Crippen molar-refractivity contribution in [3.05, 3.63) is 64.9 Å². The lowest BCUT2D eigenvalue weighted by Gasteiger charge is -2.10. The molecule has 0 aliphatic rings. The second-order valence-corrected chi connectivity index (χ2v) is 6.71. The van der Waals surface area contributed by atoms with E-state index in [0.29, 0.717) is 16.3 Å². The summed E-state index contributed by atoms with van der Waals surface area (Å²) < 4.78 is 7.27. The molecule has 0 bridgehead atoms. The number of thioether (sulfide) groups is 1. The zero-order valence-corrected chi connectivity index (χ0v) is 15.3. The van der Waals surface area contributed by atoms with Crippen molar-refractivity contribution in [1.29, 1.82) is 0 Å². The molecule has 0 spiro atoms. The average molecular weight is 374 g/mol. The highest BCUT2D eigenvalue weighted by atomic mass is 35.5. The first-order valence-corrected chi connectivity index (χ1v) is 8.91. The lowest BCUT2D eigenvalue weighted by atomic mass is 10.1. The van der Waals surface area contributed by atoms with Gasteiger partial charge in [-0.2, -0.15) is 0 Å². The molecule has 0 amide bonds. The summed E-state index contributed by atoms with van der Waals surface area (Å²) in [5.41, 5.74) is 2.48. The Morgan fingerprint density at radius 3 is 2.84 bits per heavy atom. The zero-order valence-electron chi connectivity index (χ0n) is 13.8. The molecule has 0 aliphatic carbocycles. The van der Waals surface area contributed by atoms with Gasteiger partial charge in [0, 0.05) is 21.9 Å². The predicted molar refractivity (Wildman–Crippen MR) is 98.9 cm³/mol. The van der Waals surface area contributed by atoms with Gasteiger partial charge in [0.25, 0.3) is 0 Å². The number of rotatable bonds is 6. The number of Topliss-reactive ketones (excluding diaryl/α,β-unsaturated/α-hetero) is 1. The average Bonchev–Trinajstić information content (AvgIpc) is 3.08. The van der Waals surface area contributed by atoms with E-state index >= 15 is 0 Å². The zero-order chi connectivity index (χ0) is 17.8. The van der Waals surface area contributed by atoms with E-state index < -0.39 is 0 Å². The predicted octanol–water partition coefficient (Wildman–Crippen LogP) is 4.42. The van der Waals surface area contributed by atoms with Crippen LogP contribution in [0.5, 0.6) is 5.75 Å². The van der Waals surface area contributed by atoms with E-state index in [1.165, 1.54) is 11.8 Å². The summed E-state index contributed by atoms with van der Waals surface area (Å²) in [4.78, 5) is 11.6. The fourth-order valence-electron chi connectivity index (χ4n) is 2.38. The maximum absolute atomic E-state index is 11.6. The summed E-state index contributed by atoms with van der Waals surface area (Å²) in [5, 5.41) is 9.55. The van der Waals surface area contributed by atoms with Crippen molar-refractivity contribution in [3.8, 4) is 11.4 Å². The number of nitrogens with zero attached hydrogens (tertiary/aromatic N) is 3. The molecule has 3 rings (SSSR count). The maximum Gasteiger partial charge on any atom is 0.195 e. The van der Waals surface area contributed by atoms with Gasteiger partial charge >= 0.3 is 0 Å². The first kappa shape index (κ1) is 17.5. The van der Waals surface area contributed by atoms with E-state index in [2.05, 4.69) is 10.2 Å². The maximum atomic E-state index is 11.6. The van der Waals surface area contributed by atoms with Crippen molar-refractivity contribution in [2.24, 2.45) is 0 Å². The molecule has 0 aliphatic heterocycles. The summed E-state index contributed by atoms with van der Waals surface area (Å²) in [5.74, 6) is 1.37. The number of ether oxygens (including phenoxy) is 1. The van der Waals surface area contributed by atoms with Gasteiger partial charge in [-0.05, 0) is 43.3 Å². The van der Waals surface area contributed by atoms with Gasteiger partial charge in [-0.1, -0.05) is 29.4 Å². The van der Waals surface area contributed by atoms with Crippen LogP contribution in [0.3, 0.4) is 0 Å². The number of carbonyl (C=O) groups is 1. The molecule has 25 heavy (non-hydrogen) atoms. The summed E-state index contributed by atoms with van der Waals surface area (Å²) in [7, 11) is 1.62. The molecule has 1 heterocycles. The molecule has 0 fully saturated rings. The molecule has 0 radical (unpaired) electrons. The number of hydrogen-bond acceptors (Lipinski definition) is 5. The molecule has 0 N–H and O–H groups in total. The van der Waals surface area contributed by atoms with Crippen molar-refractivity contribution >= 4 is 29.1 Å². The summed E-state index contributed by atoms with van der Waals surface area (Å²) >= 11 is 7.58. The number of aromatic nitrogens is 3. The van der Waals surface area contributed by atoms with E-state index in [4.69, 9.17) is 16.3 Å². The van der Waals surface area contributed by atoms with Crippen LogP contribution < -0.4 is 4.74 Å². The highest BCUT2D eigenvalue weighted by Crippen LogP contribution is 2.29. The summed E-state index contributed by atoms with van der Waals surface area (Å²) in [6, 6.07) is 12.9. The Kier molecular flexibility index (Phi) is 5.40. The monoisotopic (exact) mass is 373 g/mol. The molecular weight excluding hydrogens is 358 g/mol. The molecule has 0 atom stereocenters. The SMILES string of the molecule is COc1ccc(C(C)=O)cc1CSc1nncn1-c1cccc(Cl)c1. The number of carbonyl (C=O) groups excluding carboxylic acids is 1. The molecule has 3 aromatic rings. The van der Waals surface area contributed by atoms with Gasteiger partial charge in [-0.25, -0.2) is 0 Å². The molecule has 0 unspecified atom stereocenters. The van der Waals surface area contributed by atoms with Gasteiger partial charge in [-0.3, -0.25) is 9.36 Å². The van der Waals surface area contributed by atoms with Crippen LogP contribution in [0.4, 0.5) is 0 Å². The van der Waals surface area contributed by atoms with E-state index in [9.17, 15) is 4.79 Å². The van der Waals surface area contributed by atoms with Gasteiger partial charge in [0.05, 0.1) is 12.8 Å². The third kappa shape index (κ3) is 4.03. The fraction of sp³-hybridized carbons (Fsp3) is 0.167. The highest BCUT2D eigenvalue weighted by Gasteiger charge is 2.12. The number of ketones is 1. The molecule has 128 valence electrons. The molecule has 7 heteroatoms. The van der Waals surface area contributed by atoms with Crippen molar-refractivity contribution in [3.63, 3.8) is 0 Å². The van der Waals surface area contributed by atoms with Crippen molar-refractivity contribution < 1.29 is 9.53 Å². The Morgan fingerprint density at radius 1 is 1.28 bits per heavy atom. The highest BCUT2D eigenvalue weighted by molar-refractivity contribution is 7.98. The minimum atomic E-state index is 0.0241. The van der Waals surface area contributed by atoms with Crippen molar-refractivity contribution in [2.75, 3.05) is 7.11 Å². The Labute approximate surface area is 155 Å². The smallest absolute Gasteiger partial charge is 0.195 e. The Hall–Kier alpha value is -2.31. The lowest BCUT2D eigenvalue weighted by Crippen LogP contribution is -1.98. The Balaban J connectivity index is 1.85. The second kappa shape index (κ2) is 7.72. The van der Waals surface area contributed by atoms with Crippen molar-refractivity contribution in [2.45, 2.75) is 17.8 Å². The minimum Gasteiger partial charge on any atom is -0.496 e. The molecule has 0 saturated heterocycles. The normalized spacial score (nSPS) is 10.7. The standard InChI is InChI=1S/C18H16ClN3O2S/c1-12(23)13-6-7-17(24-2)14(8-13)10-25-18-21-20-11-22(18)16-5-3-4-15(19)9-16/h3-9,11H,10H2,1-2H3. The van der Waals surface area contributed by atoms with Crippen LogP contribution in [0, 0.1) is 0 Å². The van der Waals surface area contributed by atoms with E-state index in [1.54, 1.807) is 26.4 Å². The fourth-order valence-corrected chi connectivity index (χ4v) is 3.47. The first-order chi connectivity index (χ1) is 12.1. The van der Waals surface area contributed by atoms with Crippen molar-refractivity contribution in [1.82, 2.24) is 14.8 Å². The summed E-state index contributed by atoms with van der Waals surface area (Å²) in [6.45, 7) is 1.55. The third-order valence-electron chi connectivity index (χ3n) is 3.65. The number of halogens is 1.